The summed E-state index contributed by atoms with van der Waals surface area (Å²) in [6, 6.07) is -0.148. The molecule has 0 unspecified atom stereocenters. The van der Waals surface area contributed by atoms with Crippen LogP contribution in [0, 0.1) is 5.92 Å². The Labute approximate surface area is 124 Å². The van der Waals surface area contributed by atoms with Crippen molar-refractivity contribution in [1.82, 2.24) is 9.97 Å². The second kappa shape index (κ2) is 8.18. The van der Waals surface area contributed by atoms with E-state index in [9.17, 15) is 9.59 Å². The molecule has 0 fully saturated rings. The molecule has 2 atom stereocenters. The Kier molecular flexibility index (Phi) is 6.58. The summed E-state index contributed by atoms with van der Waals surface area (Å²) in [4.78, 5) is 31.0. The third-order valence-corrected chi connectivity index (χ3v) is 3.31. The molecule has 7 nitrogen and oxygen atoms in total. The highest BCUT2D eigenvalue weighted by Crippen LogP contribution is 2.17. The zero-order valence-electron chi connectivity index (χ0n) is 12.8. The van der Waals surface area contributed by atoms with Crippen LogP contribution in [0.2, 0.25) is 0 Å². The van der Waals surface area contributed by atoms with Crippen LogP contribution in [0.1, 0.15) is 37.2 Å². The molecule has 1 N–H and O–H groups in total. The third kappa shape index (κ3) is 5.02. The maximum atomic E-state index is 11.5. The number of anilines is 1. The van der Waals surface area contributed by atoms with Gasteiger partial charge >= 0.3 is 11.9 Å². The predicted molar refractivity (Wildman–Crippen MR) is 76.9 cm³/mol. The molecule has 0 aliphatic carbocycles. The van der Waals surface area contributed by atoms with E-state index in [0.29, 0.717) is 5.82 Å². The van der Waals surface area contributed by atoms with Crippen molar-refractivity contribution in [1.29, 1.82) is 0 Å². The van der Waals surface area contributed by atoms with Crippen LogP contribution >= 0.6 is 0 Å². The molecule has 0 saturated heterocycles. The lowest BCUT2D eigenvalue weighted by atomic mass is 9.96. The standard InChI is InChI=1S/C14H21N3O4/c1-5-9(2)10(6-13(18)20-3)16-12-8-15-7-11(17-12)14(19)21-4/h7-10H,5-6H2,1-4H3,(H,16,17)/t9-,10+/m0/s1. The van der Waals surface area contributed by atoms with E-state index in [-0.39, 0.29) is 30.0 Å². The molecule has 0 aliphatic rings. The third-order valence-electron chi connectivity index (χ3n) is 3.31. The minimum absolute atomic E-state index is 0.114. The van der Waals surface area contributed by atoms with Gasteiger partial charge in [-0.15, -0.1) is 0 Å². The van der Waals surface area contributed by atoms with Gasteiger partial charge in [0.2, 0.25) is 0 Å². The Morgan fingerprint density at radius 3 is 2.57 bits per heavy atom. The van der Waals surface area contributed by atoms with Crippen molar-refractivity contribution in [2.45, 2.75) is 32.7 Å². The average Bonchev–Trinajstić information content (AvgIpc) is 2.52. The summed E-state index contributed by atoms with van der Waals surface area (Å²) >= 11 is 0. The normalized spacial score (nSPS) is 13.1. The molecule has 0 bridgehead atoms. The predicted octanol–water partition coefficient (Wildman–Crippen LogP) is 1.65. The number of rotatable bonds is 7. The number of nitrogens with zero attached hydrogens (tertiary/aromatic N) is 2. The summed E-state index contributed by atoms with van der Waals surface area (Å²) in [5.74, 6) is -0.205. The summed E-state index contributed by atoms with van der Waals surface area (Å²) in [6.45, 7) is 4.06. The molecular formula is C14H21N3O4. The van der Waals surface area contributed by atoms with Crippen LogP contribution in [0.4, 0.5) is 5.82 Å². The molecule has 1 aromatic heterocycles. The minimum Gasteiger partial charge on any atom is -0.469 e. The number of hydrogen-bond donors (Lipinski definition) is 1. The molecule has 1 heterocycles. The first kappa shape index (κ1) is 16.9. The fourth-order valence-corrected chi connectivity index (χ4v) is 1.77. The Hall–Kier alpha value is -2.18. The first-order valence-electron chi connectivity index (χ1n) is 6.75. The van der Waals surface area contributed by atoms with Crippen LogP contribution in [-0.4, -0.2) is 42.2 Å². The summed E-state index contributed by atoms with van der Waals surface area (Å²) in [7, 11) is 2.64. The SMILES string of the molecule is CC[C@H](C)[C@@H](CC(=O)OC)Nc1cncc(C(=O)OC)n1. The van der Waals surface area contributed by atoms with E-state index in [1.165, 1.54) is 26.6 Å². The monoisotopic (exact) mass is 295 g/mol. The highest BCUT2D eigenvalue weighted by atomic mass is 16.5. The maximum absolute atomic E-state index is 11.5. The van der Waals surface area contributed by atoms with E-state index >= 15 is 0 Å². The number of methoxy groups -OCH3 is 2. The zero-order chi connectivity index (χ0) is 15.8. The van der Waals surface area contributed by atoms with Crippen LogP contribution in [0.25, 0.3) is 0 Å². The fraction of sp³-hybridized carbons (Fsp3) is 0.571. The number of aromatic nitrogens is 2. The maximum Gasteiger partial charge on any atom is 0.358 e. The minimum atomic E-state index is -0.556. The number of carbonyl (C=O) groups excluding carboxylic acids is 2. The van der Waals surface area contributed by atoms with Gasteiger partial charge in [-0.3, -0.25) is 9.78 Å². The molecule has 0 spiro atoms. The molecule has 1 aromatic rings. The van der Waals surface area contributed by atoms with Gasteiger partial charge in [-0.25, -0.2) is 9.78 Å². The zero-order valence-corrected chi connectivity index (χ0v) is 12.8. The fourth-order valence-electron chi connectivity index (χ4n) is 1.77. The lowest BCUT2D eigenvalue weighted by molar-refractivity contribution is -0.141. The summed E-state index contributed by atoms with van der Waals surface area (Å²) < 4.78 is 9.31. The Balaban J connectivity index is 2.87. The number of ether oxygens (including phenoxy) is 2. The van der Waals surface area contributed by atoms with E-state index < -0.39 is 5.97 Å². The lowest BCUT2D eigenvalue weighted by Gasteiger charge is -2.23. The van der Waals surface area contributed by atoms with E-state index in [0.717, 1.165) is 6.42 Å². The molecule has 7 heteroatoms. The van der Waals surface area contributed by atoms with Gasteiger partial charge in [0.1, 0.15) is 5.82 Å². The smallest absolute Gasteiger partial charge is 0.358 e. The van der Waals surface area contributed by atoms with Gasteiger partial charge in [0.25, 0.3) is 0 Å². The van der Waals surface area contributed by atoms with Crippen LogP contribution in [0.15, 0.2) is 12.4 Å². The van der Waals surface area contributed by atoms with E-state index in [1.807, 2.05) is 13.8 Å². The highest BCUT2D eigenvalue weighted by Gasteiger charge is 2.21. The average molecular weight is 295 g/mol. The van der Waals surface area contributed by atoms with Gasteiger partial charge in [-0.05, 0) is 5.92 Å². The molecule has 0 saturated carbocycles. The molecule has 116 valence electrons. The molecule has 21 heavy (non-hydrogen) atoms. The van der Waals surface area contributed by atoms with Crippen LogP contribution in [0.5, 0.6) is 0 Å². The van der Waals surface area contributed by atoms with Crippen molar-refractivity contribution in [3.05, 3.63) is 18.1 Å². The van der Waals surface area contributed by atoms with Gasteiger partial charge in [0.05, 0.1) is 33.0 Å². The van der Waals surface area contributed by atoms with Crippen LogP contribution in [-0.2, 0) is 14.3 Å². The molecule has 0 aromatic carbocycles. The van der Waals surface area contributed by atoms with Crippen molar-refractivity contribution in [2.24, 2.45) is 5.92 Å². The molecule has 1 rings (SSSR count). The Morgan fingerprint density at radius 2 is 2.00 bits per heavy atom. The molecule has 0 aliphatic heterocycles. The number of hydrogen-bond acceptors (Lipinski definition) is 7. The van der Waals surface area contributed by atoms with Crippen molar-refractivity contribution < 1.29 is 19.1 Å². The second-order valence-electron chi connectivity index (χ2n) is 4.70. The van der Waals surface area contributed by atoms with E-state index in [4.69, 9.17) is 4.74 Å². The van der Waals surface area contributed by atoms with Gasteiger partial charge in [0.15, 0.2) is 5.69 Å². The first-order valence-corrected chi connectivity index (χ1v) is 6.75. The van der Waals surface area contributed by atoms with E-state index in [2.05, 4.69) is 20.0 Å². The number of esters is 2. The topological polar surface area (TPSA) is 90.4 Å². The quantitative estimate of drug-likeness (QED) is 0.765. The van der Waals surface area contributed by atoms with Gasteiger partial charge in [-0.1, -0.05) is 20.3 Å². The Morgan fingerprint density at radius 1 is 1.29 bits per heavy atom. The van der Waals surface area contributed by atoms with Crippen LogP contribution in [0.3, 0.4) is 0 Å². The number of carbonyl (C=O) groups is 2. The first-order chi connectivity index (χ1) is 10.0. The van der Waals surface area contributed by atoms with Gasteiger partial charge < -0.3 is 14.8 Å². The highest BCUT2D eigenvalue weighted by molar-refractivity contribution is 5.87. The number of nitrogens with one attached hydrogen (secondary N) is 1. The van der Waals surface area contributed by atoms with E-state index in [1.54, 1.807) is 0 Å². The Bertz CT molecular complexity index is 493. The largest absolute Gasteiger partial charge is 0.469 e. The lowest BCUT2D eigenvalue weighted by Crippen LogP contribution is -2.31. The summed E-state index contributed by atoms with van der Waals surface area (Å²) in [5.41, 5.74) is 0.114. The van der Waals surface area contributed by atoms with Crippen molar-refractivity contribution in [3.8, 4) is 0 Å². The summed E-state index contributed by atoms with van der Waals surface area (Å²) in [6.07, 6.45) is 3.93. The molecular weight excluding hydrogens is 274 g/mol. The van der Waals surface area contributed by atoms with Crippen molar-refractivity contribution in [3.63, 3.8) is 0 Å². The molecule has 0 amide bonds. The van der Waals surface area contributed by atoms with Gasteiger partial charge in [0, 0.05) is 6.04 Å². The van der Waals surface area contributed by atoms with Gasteiger partial charge in [-0.2, -0.15) is 0 Å². The van der Waals surface area contributed by atoms with Crippen molar-refractivity contribution in [2.75, 3.05) is 19.5 Å². The second-order valence-corrected chi connectivity index (χ2v) is 4.70. The summed E-state index contributed by atoms with van der Waals surface area (Å²) in [5, 5.41) is 3.13. The molecule has 0 radical (unpaired) electrons. The van der Waals surface area contributed by atoms with Crippen molar-refractivity contribution >= 4 is 17.8 Å². The van der Waals surface area contributed by atoms with Crippen LogP contribution < -0.4 is 5.32 Å².